The zero-order valence-electron chi connectivity index (χ0n) is 8.02. The van der Waals surface area contributed by atoms with Crippen molar-refractivity contribution in [3.05, 3.63) is 39.6 Å². The third kappa shape index (κ3) is 1.03. The van der Waals surface area contributed by atoms with Gasteiger partial charge in [0, 0.05) is 16.7 Å². The molecule has 1 aliphatic carbocycles. The monoisotopic (exact) mass is 240 g/mol. The van der Waals surface area contributed by atoms with Crippen molar-refractivity contribution < 1.29 is 0 Å². The van der Waals surface area contributed by atoms with Crippen LogP contribution in [0.15, 0.2) is 28.5 Å². The number of fused-ring (bicyclic) bond motifs is 3. The molecule has 74 valence electrons. The molecule has 2 aromatic rings. The molecule has 4 heteroatoms. The fraction of sp³-hybridized carbons (Fsp3) is 0. The molecule has 0 saturated carbocycles. The average Bonchev–Trinajstić information content (AvgIpc) is 2.95. The Kier molecular flexibility index (Phi) is 1.94. The van der Waals surface area contributed by atoms with Gasteiger partial charge in [0.25, 0.3) is 0 Å². The molecule has 0 radical (unpaired) electrons. The summed E-state index contributed by atoms with van der Waals surface area (Å²) in [5.41, 5.74) is 3.07. The van der Waals surface area contributed by atoms with Crippen LogP contribution in [0, 0.1) is 22.7 Å². The fourth-order valence-electron chi connectivity index (χ4n) is 1.92. The van der Waals surface area contributed by atoms with Crippen molar-refractivity contribution in [1.29, 1.82) is 10.5 Å². The molecule has 0 fully saturated rings. The van der Waals surface area contributed by atoms with Gasteiger partial charge in [-0.25, -0.2) is 0 Å². The molecule has 2 heterocycles. The molecule has 16 heavy (non-hydrogen) atoms. The van der Waals surface area contributed by atoms with E-state index in [0.717, 1.165) is 16.7 Å². The van der Waals surface area contributed by atoms with Crippen LogP contribution in [0.2, 0.25) is 0 Å². The highest BCUT2D eigenvalue weighted by atomic mass is 32.1. The summed E-state index contributed by atoms with van der Waals surface area (Å²) in [4.78, 5) is 2.37. The SMILES string of the molecule is N#CC(C#N)=C1c2ccsc2-c2sccc21. The smallest absolute Gasteiger partial charge is 0.138 e. The van der Waals surface area contributed by atoms with Gasteiger partial charge in [0.1, 0.15) is 17.7 Å². The molecule has 0 saturated heterocycles. The largest absolute Gasteiger partial charge is 0.192 e. The highest BCUT2D eigenvalue weighted by Gasteiger charge is 2.28. The predicted octanol–water partition coefficient (Wildman–Crippen LogP) is 3.64. The van der Waals surface area contributed by atoms with Gasteiger partial charge < -0.3 is 0 Å². The van der Waals surface area contributed by atoms with Gasteiger partial charge in [-0.2, -0.15) is 10.5 Å². The highest BCUT2D eigenvalue weighted by molar-refractivity contribution is 7.21. The Hall–Kier alpha value is -1.88. The Morgan fingerprint density at radius 3 is 1.88 bits per heavy atom. The van der Waals surface area contributed by atoms with Gasteiger partial charge in [0.2, 0.25) is 0 Å². The van der Waals surface area contributed by atoms with E-state index in [1.165, 1.54) is 9.75 Å². The summed E-state index contributed by atoms with van der Waals surface area (Å²) >= 11 is 3.32. The van der Waals surface area contributed by atoms with E-state index in [4.69, 9.17) is 10.5 Å². The van der Waals surface area contributed by atoms with E-state index in [1.807, 2.05) is 35.0 Å². The fourth-order valence-corrected chi connectivity index (χ4v) is 3.91. The Balaban J connectivity index is 2.45. The third-order valence-electron chi connectivity index (χ3n) is 2.55. The van der Waals surface area contributed by atoms with Crippen molar-refractivity contribution in [2.75, 3.05) is 0 Å². The van der Waals surface area contributed by atoms with Crippen LogP contribution in [0.1, 0.15) is 11.1 Å². The van der Waals surface area contributed by atoms with Crippen molar-refractivity contribution in [2.24, 2.45) is 0 Å². The van der Waals surface area contributed by atoms with Crippen LogP contribution in [0.5, 0.6) is 0 Å². The minimum Gasteiger partial charge on any atom is -0.192 e. The van der Waals surface area contributed by atoms with Crippen LogP contribution in [0.3, 0.4) is 0 Å². The Labute approximate surface area is 100 Å². The molecule has 3 rings (SSSR count). The molecule has 0 amide bonds. The van der Waals surface area contributed by atoms with Crippen LogP contribution in [0.25, 0.3) is 15.3 Å². The second-order valence-electron chi connectivity index (χ2n) is 3.30. The van der Waals surface area contributed by atoms with Crippen LogP contribution in [0.4, 0.5) is 0 Å². The van der Waals surface area contributed by atoms with Crippen molar-refractivity contribution in [1.82, 2.24) is 0 Å². The average molecular weight is 240 g/mol. The number of allylic oxidation sites excluding steroid dienone is 1. The Morgan fingerprint density at radius 2 is 1.44 bits per heavy atom. The first kappa shape index (κ1) is 9.35. The van der Waals surface area contributed by atoms with Gasteiger partial charge in [-0.1, -0.05) is 0 Å². The Bertz CT molecular complexity index is 631. The van der Waals surface area contributed by atoms with Gasteiger partial charge in [0.05, 0.1) is 9.75 Å². The van der Waals surface area contributed by atoms with E-state index >= 15 is 0 Å². The lowest BCUT2D eigenvalue weighted by molar-refractivity contribution is 1.46. The predicted molar refractivity (Wildman–Crippen MR) is 64.9 cm³/mol. The summed E-state index contributed by atoms with van der Waals surface area (Å²) in [7, 11) is 0. The third-order valence-corrected chi connectivity index (χ3v) is 4.54. The van der Waals surface area contributed by atoms with E-state index in [0.29, 0.717) is 0 Å². The first-order chi connectivity index (χ1) is 7.86. The Morgan fingerprint density at radius 1 is 0.938 bits per heavy atom. The second-order valence-corrected chi connectivity index (χ2v) is 5.13. The summed E-state index contributed by atoms with van der Waals surface area (Å²) in [6.07, 6.45) is 0. The molecule has 0 aromatic carbocycles. The minimum absolute atomic E-state index is 0.205. The zero-order valence-corrected chi connectivity index (χ0v) is 9.65. The topological polar surface area (TPSA) is 47.6 Å². The summed E-state index contributed by atoms with van der Waals surface area (Å²) in [5, 5.41) is 22.0. The number of nitriles is 2. The number of hydrogen-bond acceptors (Lipinski definition) is 4. The summed E-state index contributed by atoms with van der Waals surface area (Å²) < 4.78 is 0. The summed E-state index contributed by atoms with van der Waals surface area (Å²) in [6.45, 7) is 0. The first-order valence-electron chi connectivity index (χ1n) is 4.57. The standard InChI is InChI=1S/C12H4N2S2/c13-5-7(6-14)10-8-1-3-15-11(8)12-9(10)2-4-16-12/h1-4H. The van der Waals surface area contributed by atoms with Crippen LogP contribution >= 0.6 is 22.7 Å². The maximum atomic E-state index is 8.99. The molecular weight excluding hydrogens is 236 g/mol. The maximum Gasteiger partial charge on any atom is 0.138 e. The van der Waals surface area contributed by atoms with E-state index in [9.17, 15) is 0 Å². The number of nitrogens with zero attached hydrogens (tertiary/aromatic N) is 2. The normalized spacial score (nSPS) is 11.5. The van der Waals surface area contributed by atoms with Crippen molar-refractivity contribution in [2.45, 2.75) is 0 Å². The zero-order chi connectivity index (χ0) is 11.1. The van der Waals surface area contributed by atoms with Crippen molar-refractivity contribution >= 4 is 28.2 Å². The summed E-state index contributed by atoms with van der Waals surface area (Å²) in [6, 6.07) is 7.93. The molecule has 1 aliphatic rings. The molecule has 0 aliphatic heterocycles. The molecule has 0 unspecified atom stereocenters. The van der Waals surface area contributed by atoms with Gasteiger partial charge >= 0.3 is 0 Å². The van der Waals surface area contributed by atoms with Gasteiger partial charge in [-0.15, -0.1) is 22.7 Å². The minimum atomic E-state index is 0.205. The molecule has 0 N–H and O–H groups in total. The van der Waals surface area contributed by atoms with E-state index < -0.39 is 0 Å². The molecule has 0 bridgehead atoms. The van der Waals surface area contributed by atoms with E-state index in [1.54, 1.807) is 22.7 Å². The van der Waals surface area contributed by atoms with Gasteiger partial charge in [-0.05, 0) is 22.9 Å². The van der Waals surface area contributed by atoms with Crippen LogP contribution in [-0.2, 0) is 0 Å². The molecule has 0 spiro atoms. The number of thiophene rings is 2. The van der Waals surface area contributed by atoms with Gasteiger partial charge in [0.15, 0.2) is 0 Å². The molecule has 0 atom stereocenters. The highest BCUT2D eigenvalue weighted by Crippen LogP contribution is 2.50. The molecular formula is C12H4N2S2. The van der Waals surface area contributed by atoms with E-state index in [2.05, 4.69) is 0 Å². The van der Waals surface area contributed by atoms with Crippen LogP contribution < -0.4 is 0 Å². The van der Waals surface area contributed by atoms with Gasteiger partial charge in [-0.3, -0.25) is 0 Å². The van der Waals surface area contributed by atoms with Crippen LogP contribution in [-0.4, -0.2) is 0 Å². The van der Waals surface area contributed by atoms with Crippen molar-refractivity contribution in [3.63, 3.8) is 0 Å². The lowest BCUT2D eigenvalue weighted by Crippen LogP contribution is -1.84. The quantitative estimate of drug-likeness (QED) is 0.563. The second kappa shape index (κ2) is 3.31. The first-order valence-corrected chi connectivity index (χ1v) is 6.33. The number of hydrogen-bond donors (Lipinski definition) is 0. The summed E-state index contributed by atoms with van der Waals surface area (Å²) in [5.74, 6) is 0. The van der Waals surface area contributed by atoms with E-state index in [-0.39, 0.29) is 5.57 Å². The molecule has 2 nitrogen and oxygen atoms in total. The lowest BCUT2D eigenvalue weighted by Gasteiger charge is -1.96. The lowest BCUT2D eigenvalue weighted by atomic mass is 10.0. The maximum absolute atomic E-state index is 8.99. The van der Waals surface area contributed by atoms with Crippen molar-refractivity contribution in [3.8, 4) is 21.9 Å². The molecule has 2 aromatic heterocycles. The number of rotatable bonds is 0.